The van der Waals surface area contributed by atoms with Gasteiger partial charge in [0.1, 0.15) is 0 Å². The number of benzene rings is 2. The number of nitrogens with zero attached hydrogens (tertiary/aromatic N) is 3. The standard InChI is InChI=1S/C20H17N3/c1-2-3-15-4-10-18(11-5-15)20-22-13-19(14-23-20)17-8-6-16(12-21)7-9-17/h4-11,13-14H,2-3H2,1H3. The van der Waals surface area contributed by atoms with Crippen LogP contribution in [0.2, 0.25) is 0 Å². The van der Waals surface area contributed by atoms with Crippen LogP contribution in [0.4, 0.5) is 0 Å². The first kappa shape index (κ1) is 14.9. The number of nitriles is 1. The number of hydrogen-bond acceptors (Lipinski definition) is 3. The second-order valence-corrected chi connectivity index (χ2v) is 5.43. The molecule has 1 aromatic heterocycles. The van der Waals surface area contributed by atoms with Crippen molar-refractivity contribution in [1.82, 2.24) is 9.97 Å². The molecule has 0 atom stereocenters. The van der Waals surface area contributed by atoms with Crippen LogP contribution >= 0.6 is 0 Å². The molecular formula is C20H17N3. The van der Waals surface area contributed by atoms with Gasteiger partial charge in [-0.15, -0.1) is 0 Å². The van der Waals surface area contributed by atoms with Crippen LogP contribution in [0.3, 0.4) is 0 Å². The third-order valence-electron chi connectivity index (χ3n) is 3.75. The van der Waals surface area contributed by atoms with Gasteiger partial charge < -0.3 is 0 Å². The van der Waals surface area contributed by atoms with E-state index in [2.05, 4.69) is 47.2 Å². The van der Waals surface area contributed by atoms with Crippen molar-refractivity contribution in [2.75, 3.05) is 0 Å². The summed E-state index contributed by atoms with van der Waals surface area (Å²) in [5, 5.41) is 8.84. The number of aromatic nitrogens is 2. The number of hydrogen-bond donors (Lipinski definition) is 0. The molecule has 3 rings (SSSR count). The molecule has 3 aromatic rings. The molecule has 3 heteroatoms. The fourth-order valence-corrected chi connectivity index (χ4v) is 2.47. The average Bonchev–Trinajstić information content (AvgIpc) is 2.63. The molecule has 23 heavy (non-hydrogen) atoms. The predicted octanol–water partition coefficient (Wildman–Crippen LogP) is 4.63. The van der Waals surface area contributed by atoms with E-state index in [1.165, 1.54) is 5.56 Å². The van der Waals surface area contributed by atoms with Gasteiger partial charge in [-0.3, -0.25) is 0 Å². The summed E-state index contributed by atoms with van der Waals surface area (Å²) in [5.41, 5.74) is 4.97. The van der Waals surface area contributed by atoms with E-state index in [1.807, 2.05) is 24.5 Å². The Morgan fingerprint density at radius 1 is 0.826 bits per heavy atom. The van der Waals surface area contributed by atoms with Gasteiger partial charge in [0, 0.05) is 23.5 Å². The Labute approximate surface area is 136 Å². The molecule has 3 nitrogen and oxygen atoms in total. The molecule has 2 aromatic carbocycles. The largest absolute Gasteiger partial charge is 0.236 e. The zero-order valence-corrected chi connectivity index (χ0v) is 13.0. The topological polar surface area (TPSA) is 49.6 Å². The second-order valence-electron chi connectivity index (χ2n) is 5.43. The van der Waals surface area contributed by atoms with E-state index in [-0.39, 0.29) is 0 Å². The van der Waals surface area contributed by atoms with E-state index < -0.39 is 0 Å². The maximum Gasteiger partial charge on any atom is 0.159 e. The molecule has 0 aliphatic heterocycles. The Bertz CT molecular complexity index is 811. The summed E-state index contributed by atoms with van der Waals surface area (Å²) in [7, 11) is 0. The summed E-state index contributed by atoms with van der Waals surface area (Å²) in [5.74, 6) is 0.727. The van der Waals surface area contributed by atoms with Gasteiger partial charge in [-0.1, -0.05) is 49.7 Å². The van der Waals surface area contributed by atoms with Crippen molar-refractivity contribution in [3.05, 3.63) is 72.1 Å². The van der Waals surface area contributed by atoms with Crippen molar-refractivity contribution >= 4 is 0 Å². The first-order valence-electron chi connectivity index (χ1n) is 7.72. The van der Waals surface area contributed by atoms with Crippen molar-refractivity contribution in [2.24, 2.45) is 0 Å². The molecule has 0 saturated heterocycles. The Morgan fingerprint density at radius 3 is 2.00 bits per heavy atom. The van der Waals surface area contributed by atoms with Crippen molar-refractivity contribution in [3.63, 3.8) is 0 Å². The second kappa shape index (κ2) is 6.85. The monoisotopic (exact) mass is 299 g/mol. The van der Waals surface area contributed by atoms with Gasteiger partial charge in [-0.25, -0.2) is 9.97 Å². The lowest BCUT2D eigenvalue weighted by molar-refractivity contribution is 0.922. The van der Waals surface area contributed by atoms with Crippen molar-refractivity contribution < 1.29 is 0 Å². The Kier molecular flexibility index (Phi) is 4.44. The quantitative estimate of drug-likeness (QED) is 0.705. The van der Waals surface area contributed by atoms with Crippen LogP contribution < -0.4 is 0 Å². The highest BCUT2D eigenvalue weighted by Gasteiger charge is 2.04. The van der Waals surface area contributed by atoms with Crippen LogP contribution in [0.5, 0.6) is 0 Å². The van der Waals surface area contributed by atoms with Crippen molar-refractivity contribution in [1.29, 1.82) is 5.26 Å². The summed E-state index contributed by atoms with van der Waals surface area (Å²) in [6, 6.07) is 18.0. The van der Waals surface area contributed by atoms with E-state index in [0.717, 1.165) is 35.4 Å². The Hall–Kier alpha value is -2.99. The third kappa shape index (κ3) is 3.44. The normalized spacial score (nSPS) is 10.3. The first-order chi connectivity index (χ1) is 11.3. The zero-order valence-electron chi connectivity index (χ0n) is 13.0. The van der Waals surface area contributed by atoms with Crippen LogP contribution in [-0.4, -0.2) is 9.97 Å². The zero-order chi connectivity index (χ0) is 16.1. The summed E-state index contributed by atoms with van der Waals surface area (Å²) in [6.45, 7) is 2.18. The maximum atomic E-state index is 8.84. The van der Waals surface area contributed by atoms with Crippen LogP contribution in [0, 0.1) is 11.3 Å². The minimum atomic E-state index is 0.651. The lowest BCUT2D eigenvalue weighted by atomic mass is 10.1. The highest BCUT2D eigenvalue weighted by Crippen LogP contribution is 2.21. The molecule has 1 heterocycles. The third-order valence-corrected chi connectivity index (χ3v) is 3.75. The van der Waals surface area contributed by atoms with E-state index in [9.17, 15) is 0 Å². The van der Waals surface area contributed by atoms with Gasteiger partial charge in [0.15, 0.2) is 5.82 Å². The van der Waals surface area contributed by atoms with Gasteiger partial charge in [0.2, 0.25) is 0 Å². The fourth-order valence-electron chi connectivity index (χ4n) is 2.47. The smallest absolute Gasteiger partial charge is 0.159 e. The van der Waals surface area contributed by atoms with Gasteiger partial charge >= 0.3 is 0 Å². The molecule has 0 unspecified atom stereocenters. The van der Waals surface area contributed by atoms with Crippen LogP contribution in [0.15, 0.2) is 60.9 Å². The van der Waals surface area contributed by atoms with Gasteiger partial charge in [0.05, 0.1) is 11.6 Å². The van der Waals surface area contributed by atoms with E-state index in [4.69, 9.17) is 5.26 Å². The molecule has 0 amide bonds. The van der Waals surface area contributed by atoms with Gasteiger partial charge in [-0.2, -0.15) is 5.26 Å². The molecule has 0 saturated carbocycles. The molecule has 0 radical (unpaired) electrons. The lowest BCUT2D eigenvalue weighted by Crippen LogP contribution is -1.91. The first-order valence-corrected chi connectivity index (χ1v) is 7.72. The molecule has 0 spiro atoms. The molecule has 0 N–H and O–H groups in total. The summed E-state index contributed by atoms with van der Waals surface area (Å²) >= 11 is 0. The highest BCUT2D eigenvalue weighted by atomic mass is 14.9. The van der Waals surface area contributed by atoms with Crippen LogP contribution in [0.25, 0.3) is 22.5 Å². The van der Waals surface area contributed by atoms with E-state index in [1.54, 1.807) is 12.1 Å². The van der Waals surface area contributed by atoms with Gasteiger partial charge in [-0.05, 0) is 29.7 Å². The molecular weight excluding hydrogens is 282 g/mol. The SMILES string of the molecule is CCCc1ccc(-c2ncc(-c3ccc(C#N)cc3)cn2)cc1. The van der Waals surface area contributed by atoms with E-state index in [0.29, 0.717) is 5.56 Å². The predicted molar refractivity (Wildman–Crippen MR) is 91.6 cm³/mol. The molecule has 112 valence electrons. The number of rotatable bonds is 4. The van der Waals surface area contributed by atoms with Crippen molar-refractivity contribution in [2.45, 2.75) is 19.8 Å². The summed E-state index contributed by atoms with van der Waals surface area (Å²) in [6.07, 6.45) is 5.89. The molecule has 0 aliphatic carbocycles. The minimum Gasteiger partial charge on any atom is -0.236 e. The van der Waals surface area contributed by atoms with Crippen molar-refractivity contribution in [3.8, 4) is 28.6 Å². The minimum absolute atomic E-state index is 0.651. The number of aryl methyl sites for hydroxylation is 1. The Morgan fingerprint density at radius 2 is 1.43 bits per heavy atom. The van der Waals surface area contributed by atoms with E-state index >= 15 is 0 Å². The Balaban J connectivity index is 1.82. The molecule has 0 bridgehead atoms. The van der Waals surface area contributed by atoms with Crippen LogP contribution in [-0.2, 0) is 6.42 Å². The molecule has 0 aliphatic rings. The van der Waals surface area contributed by atoms with Gasteiger partial charge in [0.25, 0.3) is 0 Å². The summed E-state index contributed by atoms with van der Waals surface area (Å²) < 4.78 is 0. The fraction of sp³-hybridized carbons (Fsp3) is 0.150. The lowest BCUT2D eigenvalue weighted by Gasteiger charge is -2.04. The highest BCUT2D eigenvalue weighted by molar-refractivity contribution is 5.64. The molecule has 0 fully saturated rings. The van der Waals surface area contributed by atoms with Crippen LogP contribution in [0.1, 0.15) is 24.5 Å². The summed E-state index contributed by atoms with van der Waals surface area (Å²) in [4.78, 5) is 8.93. The average molecular weight is 299 g/mol. The maximum absolute atomic E-state index is 8.84.